The van der Waals surface area contributed by atoms with Crippen LogP contribution in [0.5, 0.6) is 0 Å². The minimum Gasteiger partial charge on any atom is -0.373 e. The van der Waals surface area contributed by atoms with Crippen molar-refractivity contribution in [3.63, 3.8) is 0 Å². The van der Waals surface area contributed by atoms with Crippen molar-refractivity contribution in [2.75, 3.05) is 24.3 Å². The van der Waals surface area contributed by atoms with Crippen molar-refractivity contribution in [1.29, 1.82) is 0 Å². The average molecular weight is 341 g/mol. The lowest BCUT2D eigenvalue weighted by Gasteiger charge is -2.21. The highest BCUT2D eigenvalue weighted by Gasteiger charge is 2.13. The van der Waals surface area contributed by atoms with E-state index in [4.69, 9.17) is 0 Å². The van der Waals surface area contributed by atoms with E-state index in [2.05, 4.69) is 61.5 Å². The number of anilines is 2. The number of halogens is 1. The number of nitrogens with one attached hydrogen (secondary N) is 1. The third-order valence-electron chi connectivity index (χ3n) is 2.92. The monoisotopic (exact) mass is 340 g/mol. The molecule has 0 aliphatic rings. The summed E-state index contributed by atoms with van der Waals surface area (Å²) in [5.41, 5.74) is 2.44. The van der Waals surface area contributed by atoms with Gasteiger partial charge in [-0.25, -0.2) is 9.97 Å². The molecule has 2 aromatic heterocycles. The Kier molecular flexibility index (Phi) is 4.76. The smallest absolute Gasteiger partial charge is 0.137 e. The number of aromatic nitrogens is 2. The highest BCUT2D eigenvalue weighted by molar-refractivity contribution is 9.11. The maximum absolute atomic E-state index is 4.43. The Bertz CT molecular complexity index is 555. The Morgan fingerprint density at radius 2 is 2.21 bits per heavy atom. The van der Waals surface area contributed by atoms with Gasteiger partial charge >= 0.3 is 0 Å². The van der Waals surface area contributed by atoms with Gasteiger partial charge in [-0.2, -0.15) is 0 Å². The molecular weight excluding hydrogens is 324 g/mol. The quantitative estimate of drug-likeness (QED) is 0.903. The fourth-order valence-electron chi connectivity index (χ4n) is 2.05. The van der Waals surface area contributed by atoms with E-state index in [9.17, 15) is 0 Å². The zero-order chi connectivity index (χ0) is 13.8. The topological polar surface area (TPSA) is 41.1 Å². The second-order valence-electron chi connectivity index (χ2n) is 4.24. The molecular formula is C13H17BrN4S. The molecule has 0 aromatic carbocycles. The third-order valence-corrected chi connectivity index (χ3v) is 4.47. The maximum atomic E-state index is 4.43. The average Bonchev–Trinajstić information content (AvgIpc) is 2.82. The van der Waals surface area contributed by atoms with E-state index in [-0.39, 0.29) is 0 Å². The molecule has 0 radical (unpaired) electrons. The molecule has 0 spiro atoms. The van der Waals surface area contributed by atoms with Crippen molar-refractivity contribution in [1.82, 2.24) is 9.97 Å². The van der Waals surface area contributed by atoms with Crippen LogP contribution in [0.15, 0.2) is 21.6 Å². The maximum Gasteiger partial charge on any atom is 0.137 e. The van der Waals surface area contributed by atoms with E-state index in [1.165, 1.54) is 5.56 Å². The van der Waals surface area contributed by atoms with Gasteiger partial charge in [0.2, 0.25) is 0 Å². The molecule has 0 saturated heterocycles. The van der Waals surface area contributed by atoms with E-state index in [0.717, 1.165) is 34.0 Å². The molecule has 0 unspecified atom stereocenters. The molecule has 0 aliphatic heterocycles. The molecule has 0 aliphatic carbocycles. The summed E-state index contributed by atoms with van der Waals surface area (Å²) in [6.45, 7) is 2.97. The highest BCUT2D eigenvalue weighted by atomic mass is 79.9. The molecule has 0 atom stereocenters. The fraction of sp³-hybridized carbons (Fsp3) is 0.385. The number of thiophene rings is 1. The number of hydrogen-bond donors (Lipinski definition) is 1. The normalized spacial score (nSPS) is 10.5. The van der Waals surface area contributed by atoms with Crippen molar-refractivity contribution in [3.8, 4) is 0 Å². The summed E-state index contributed by atoms with van der Waals surface area (Å²) in [5, 5.41) is 5.29. The predicted octanol–water partition coefficient (Wildman–Crippen LogP) is 3.54. The first-order valence-corrected chi connectivity index (χ1v) is 7.78. The first-order valence-electron chi connectivity index (χ1n) is 6.11. The lowest BCUT2D eigenvalue weighted by atomic mass is 10.2. The van der Waals surface area contributed by atoms with Gasteiger partial charge in [0.05, 0.1) is 3.79 Å². The minimum absolute atomic E-state index is 0.843. The molecule has 0 saturated carbocycles. The van der Waals surface area contributed by atoms with Crippen LogP contribution in [0.2, 0.25) is 0 Å². The summed E-state index contributed by atoms with van der Waals surface area (Å²) >= 11 is 5.20. The van der Waals surface area contributed by atoms with Gasteiger partial charge in [0, 0.05) is 26.2 Å². The SMILES string of the molecule is CCc1c(NC)ncnc1N(C)Cc1csc(Br)c1. The van der Waals surface area contributed by atoms with Crippen molar-refractivity contribution in [2.45, 2.75) is 19.9 Å². The van der Waals surface area contributed by atoms with Gasteiger partial charge in [-0.3, -0.25) is 0 Å². The molecule has 0 bridgehead atoms. The van der Waals surface area contributed by atoms with Crippen LogP contribution in [-0.2, 0) is 13.0 Å². The summed E-state index contributed by atoms with van der Waals surface area (Å²) in [6, 6.07) is 2.15. The van der Waals surface area contributed by atoms with E-state index in [0.29, 0.717) is 0 Å². The molecule has 4 nitrogen and oxygen atoms in total. The molecule has 1 N–H and O–H groups in total. The summed E-state index contributed by atoms with van der Waals surface area (Å²) in [7, 11) is 3.95. The molecule has 6 heteroatoms. The molecule has 0 fully saturated rings. The summed E-state index contributed by atoms with van der Waals surface area (Å²) in [5.74, 6) is 1.90. The van der Waals surface area contributed by atoms with E-state index in [1.807, 2.05) is 7.05 Å². The first-order chi connectivity index (χ1) is 9.15. The van der Waals surface area contributed by atoms with Crippen LogP contribution in [0.3, 0.4) is 0 Å². The van der Waals surface area contributed by atoms with Gasteiger partial charge in [0.25, 0.3) is 0 Å². The first kappa shape index (κ1) is 14.3. The van der Waals surface area contributed by atoms with Gasteiger partial charge in [-0.15, -0.1) is 11.3 Å². The molecule has 2 aromatic rings. The molecule has 0 amide bonds. The van der Waals surface area contributed by atoms with Gasteiger partial charge in [0.15, 0.2) is 0 Å². The van der Waals surface area contributed by atoms with Gasteiger partial charge in [0.1, 0.15) is 18.0 Å². The van der Waals surface area contributed by atoms with Gasteiger partial charge in [-0.05, 0) is 39.4 Å². The van der Waals surface area contributed by atoms with Crippen molar-refractivity contribution >= 4 is 38.9 Å². The molecule has 2 rings (SSSR count). The van der Waals surface area contributed by atoms with Crippen molar-refractivity contribution in [2.24, 2.45) is 0 Å². The van der Waals surface area contributed by atoms with E-state index >= 15 is 0 Å². The van der Waals surface area contributed by atoms with E-state index < -0.39 is 0 Å². The summed E-state index contributed by atoms with van der Waals surface area (Å²) in [6.07, 6.45) is 2.52. The number of hydrogen-bond acceptors (Lipinski definition) is 5. The zero-order valence-corrected chi connectivity index (χ0v) is 13.7. The Labute approximate surface area is 126 Å². The van der Waals surface area contributed by atoms with E-state index in [1.54, 1.807) is 17.7 Å². The minimum atomic E-state index is 0.843. The Morgan fingerprint density at radius 3 is 2.79 bits per heavy atom. The summed E-state index contributed by atoms with van der Waals surface area (Å²) < 4.78 is 1.16. The number of nitrogens with zero attached hydrogens (tertiary/aromatic N) is 3. The molecule has 19 heavy (non-hydrogen) atoms. The van der Waals surface area contributed by atoms with Crippen LogP contribution in [0.4, 0.5) is 11.6 Å². The van der Waals surface area contributed by atoms with Crippen molar-refractivity contribution < 1.29 is 0 Å². The Morgan fingerprint density at radius 1 is 1.42 bits per heavy atom. The van der Waals surface area contributed by atoms with Crippen molar-refractivity contribution in [3.05, 3.63) is 32.7 Å². The second kappa shape index (κ2) is 6.34. The van der Waals surface area contributed by atoms with Crippen LogP contribution >= 0.6 is 27.3 Å². The molecule has 102 valence electrons. The van der Waals surface area contributed by atoms with Crippen LogP contribution in [0.1, 0.15) is 18.1 Å². The Hall–Kier alpha value is -1.14. The standard InChI is InChI=1S/C13H17BrN4S/c1-4-10-12(15-2)16-8-17-13(10)18(3)6-9-5-11(14)19-7-9/h5,7-8H,4,6H2,1-3H3,(H,15,16,17). The van der Waals surface area contributed by atoms with Gasteiger partial charge in [-0.1, -0.05) is 6.92 Å². The zero-order valence-electron chi connectivity index (χ0n) is 11.3. The highest BCUT2D eigenvalue weighted by Crippen LogP contribution is 2.26. The second-order valence-corrected chi connectivity index (χ2v) is 6.53. The predicted molar refractivity (Wildman–Crippen MR) is 85.1 cm³/mol. The molecule has 2 heterocycles. The van der Waals surface area contributed by atoms with Gasteiger partial charge < -0.3 is 10.2 Å². The van der Waals surface area contributed by atoms with Crippen LogP contribution < -0.4 is 10.2 Å². The third kappa shape index (κ3) is 3.25. The van der Waals surface area contributed by atoms with Crippen LogP contribution in [-0.4, -0.2) is 24.1 Å². The largest absolute Gasteiger partial charge is 0.373 e. The summed E-state index contributed by atoms with van der Waals surface area (Å²) in [4.78, 5) is 10.9. The lowest BCUT2D eigenvalue weighted by Crippen LogP contribution is -2.20. The van der Waals surface area contributed by atoms with Crippen LogP contribution in [0, 0.1) is 0 Å². The lowest BCUT2D eigenvalue weighted by molar-refractivity contribution is 0.874. The number of rotatable bonds is 5. The Balaban J connectivity index is 2.25. The fourth-order valence-corrected chi connectivity index (χ4v) is 3.25. The van der Waals surface area contributed by atoms with Crippen LogP contribution in [0.25, 0.3) is 0 Å².